The van der Waals surface area contributed by atoms with E-state index in [9.17, 15) is 9.59 Å². The van der Waals surface area contributed by atoms with Gasteiger partial charge in [-0.25, -0.2) is 4.79 Å². The molecule has 1 aromatic carbocycles. The number of nitrogens with zero attached hydrogens (tertiary/aromatic N) is 1. The second-order valence-corrected chi connectivity index (χ2v) is 5.30. The smallest absolute Gasteiger partial charge is 0.328 e. The van der Waals surface area contributed by atoms with Crippen LogP contribution in [0.5, 0.6) is 5.75 Å². The van der Waals surface area contributed by atoms with Crippen LogP contribution in [0.15, 0.2) is 24.3 Å². The summed E-state index contributed by atoms with van der Waals surface area (Å²) in [6.07, 6.45) is 4.59. The lowest BCUT2D eigenvalue weighted by atomic mass is 10.2. The zero-order valence-corrected chi connectivity index (χ0v) is 12.7. The molecule has 0 radical (unpaired) electrons. The summed E-state index contributed by atoms with van der Waals surface area (Å²) in [6.45, 7) is 1.79. The normalized spacial score (nSPS) is 14.9. The Morgan fingerprint density at radius 2 is 2.00 bits per heavy atom. The van der Waals surface area contributed by atoms with Crippen LogP contribution in [0, 0.1) is 0 Å². The molecule has 0 aromatic heterocycles. The first-order valence-electron chi connectivity index (χ1n) is 7.75. The molecule has 22 heavy (non-hydrogen) atoms. The van der Waals surface area contributed by atoms with E-state index in [1.807, 2.05) is 24.3 Å². The first-order valence-corrected chi connectivity index (χ1v) is 7.75. The SMILES string of the molecule is NCCCCCCOc1cccc(N2CCC(=O)NC2=O)c1. The van der Waals surface area contributed by atoms with Crippen LogP contribution in [-0.2, 0) is 4.79 Å². The molecule has 1 heterocycles. The third-order valence-corrected chi connectivity index (χ3v) is 3.55. The molecule has 1 aromatic rings. The first kappa shape index (κ1) is 16.3. The third kappa shape index (κ3) is 4.73. The summed E-state index contributed by atoms with van der Waals surface area (Å²) in [4.78, 5) is 24.5. The van der Waals surface area contributed by atoms with Gasteiger partial charge in [0, 0.05) is 24.7 Å². The standard InChI is InChI=1S/C16H23N3O3/c17-9-3-1-2-4-11-22-14-7-5-6-13(12-14)19-10-8-15(20)18-16(19)21/h5-7,12H,1-4,8-11,17H2,(H,18,20,21). The van der Waals surface area contributed by atoms with Crippen LogP contribution >= 0.6 is 0 Å². The molecule has 6 heteroatoms. The summed E-state index contributed by atoms with van der Waals surface area (Å²) in [5.74, 6) is 0.507. The van der Waals surface area contributed by atoms with Crippen molar-refractivity contribution < 1.29 is 14.3 Å². The molecule has 1 aliphatic heterocycles. The van der Waals surface area contributed by atoms with E-state index in [4.69, 9.17) is 10.5 Å². The van der Waals surface area contributed by atoms with Gasteiger partial charge in [-0.2, -0.15) is 0 Å². The monoisotopic (exact) mass is 305 g/mol. The van der Waals surface area contributed by atoms with Crippen molar-refractivity contribution in [1.82, 2.24) is 5.32 Å². The van der Waals surface area contributed by atoms with Crippen LogP contribution in [0.2, 0.25) is 0 Å². The Labute approximate surface area is 130 Å². The summed E-state index contributed by atoms with van der Waals surface area (Å²) in [7, 11) is 0. The van der Waals surface area contributed by atoms with Gasteiger partial charge in [-0.3, -0.25) is 15.0 Å². The molecule has 2 rings (SSSR count). The van der Waals surface area contributed by atoms with Gasteiger partial charge in [0.05, 0.1) is 6.61 Å². The van der Waals surface area contributed by atoms with E-state index < -0.39 is 0 Å². The summed E-state index contributed by atoms with van der Waals surface area (Å²) >= 11 is 0. The van der Waals surface area contributed by atoms with E-state index in [0.717, 1.165) is 43.7 Å². The quantitative estimate of drug-likeness (QED) is 0.720. The number of hydrogen-bond acceptors (Lipinski definition) is 4. The summed E-state index contributed by atoms with van der Waals surface area (Å²) in [5.41, 5.74) is 6.19. The van der Waals surface area contributed by atoms with E-state index >= 15 is 0 Å². The molecular formula is C16H23N3O3. The highest BCUT2D eigenvalue weighted by Crippen LogP contribution is 2.23. The summed E-state index contributed by atoms with van der Waals surface area (Å²) in [6, 6.07) is 7.01. The molecule has 120 valence electrons. The number of nitrogens with two attached hydrogens (primary N) is 1. The highest BCUT2D eigenvalue weighted by Gasteiger charge is 2.24. The summed E-state index contributed by atoms with van der Waals surface area (Å²) < 4.78 is 5.72. The number of amides is 3. The second-order valence-electron chi connectivity index (χ2n) is 5.30. The molecule has 1 fully saturated rings. The maximum absolute atomic E-state index is 11.8. The Bertz CT molecular complexity index is 519. The summed E-state index contributed by atoms with van der Waals surface area (Å²) in [5, 5.41) is 2.32. The third-order valence-electron chi connectivity index (χ3n) is 3.55. The lowest BCUT2D eigenvalue weighted by Crippen LogP contribution is -2.49. The van der Waals surface area contributed by atoms with Crippen molar-refractivity contribution in [3.8, 4) is 5.75 Å². The van der Waals surface area contributed by atoms with Crippen molar-refractivity contribution in [3.63, 3.8) is 0 Å². The Kier molecular flexibility index (Phi) is 6.21. The molecular weight excluding hydrogens is 282 g/mol. The number of anilines is 1. The minimum absolute atomic E-state index is 0.230. The van der Waals surface area contributed by atoms with Crippen LogP contribution in [0.4, 0.5) is 10.5 Å². The Morgan fingerprint density at radius 1 is 1.18 bits per heavy atom. The topological polar surface area (TPSA) is 84.7 Å². The van der Waals surface area contributed by atoms with Crippen molar-refractivity contribution in [2.45, 2.75) is 32.1 Å². The molecule has 0 aliphatic carbocycles. The van der Waals surface area contributed by atoms with Gasteiger partial charge in [-0.15, -0.1) is 0 Å². The zero-order valence-electron chi connectivity index (χ0n) is 12.7. The van der Waals surface area contributed by atoms with Gasteiger partial charge >= 0.3 is 6.03 Å². The molecule has 6 nitrogen and oxygen atoms in total. The van der Waals surface area contributed by atoms with E-state index in [1.54, 1.807) is 4.90 Å². The molecule has 3 N–H and O–H groups in total. The van der Waals surface area contributed by atoms with Crippen LogP contribution in [-0.4, -0.2) is 31.6 Å². The van der Waals surface area contributed by atoms with Crippen molar-refractivity contribution in [3.05, 3.63) is 24.3 Å². The average molecular weight is 305 g/mol. The number of unbranched alkanes of at least 4 members (excludes halogenated alkanes) is 3. The number of rotatable bonds is 8. The Balaban J connectivity index is 1.84. The van der Waals surface area contributed by atoms with Gasteiger partial charge in [0.2, 0.25) is 5.91 Å². The Morgan fingerprint density at radius 3 is 2.77 bits per heavy atom. The number of urea groups is 1. The molecule has 0 spiro atoms. The zero-order chi connectivity index (χ0) is 15.8. The van der Waals surface area contributed by atoms with Crippen molar-refractivity contribution >= 4 is 17.6 Å². The lowest BCUT2D eigenvalue weighted by molar-refractivity contribution is -0.120. The molecule has 0 saturated carbocycles. The fraction of sp³-hybridized carbons (Fsp3) is 0.500. The molecule has 1 saturated heterocycles. The number of imide groups is 1. The van der Waals surface area contributed by atoms with Crippen molar-refractivity contribution in [1.29, 1.82) is 0 Å². The van der Waals surface area contributed by atoms with Gasteiger partial charge in [0.15, 0.2) is 0 Å². The maximum atomic E-state index is 11.8. The van der Waals surface area contributed by atoms with Gasteiger partial charge < -0.3 is 10.5 Å². The number of carbonyl (C=O) groups is 2. The maximum Gasteiger partial charge on any atom is 0.328 e. The number of benzene rings is 1. The highest BCUT2D eigenvalue weighted by molar-refractivity contribution is 6.05. The van der Waals surface area contributed by atoms with E-state index in [2.05, 4.69) is 5.32 Å². The second kappa shape index (κ2) is 8.38. The average Bonchev–Trinajstić information content (AvgIpc) is 2.51. The molecule has 3 amide bonds. The first-order chi connectivity index (χ1) is 10.7. The predicted octanol–water partition coefficient (Wildman–Crippen LogP) is 2.03. The Hall–Kier alpha value is -2.08. The number of carbonyl (C=O) groups excluding carboxylic acids is 2. The number of nitrogens with one attached hydrogen (secondary N) is 1. The van der Waals surface area contributed by atoms with E-state index in [-0.39, 0.29) is 11.9 Å². The largest absolute Gasteiger partial charge is 0.494 e. The van der Waals surface area contributed by atoms with Crippen LogP contribution in [0.25, 0.3) is 0 Å². The predicted molar refractivity (Wildman–Crippen MR) is 85.0 cm³/mol. The van der Waals surface area contributed by atoms with Gasteiger partial charge in [0.25, 0.3) is 0 Å². The van der Waals surface area contributed by atoms with Crippen LogP contribution in [0.3, 0.4) is 0 Å². The van der Waals surface area contributed by atoms with E-state index in [1.165, 1.54) is 0 Å². The van der Waals surface area contributed by atoms with Crippen LogP contribution < -0.4 is 20.7 Å². The number of hydrogen-bond donors (Lipinski definition) is 2. The van der Waals surface area contributed by atoms with Crippen LogP contribution in [0.1, 0.15) is 32.1 Å². The fourth-order valence-corrected chi connectivity index (χ4v) is 2.34. The molecule has 0 atom stereocenters. The number of ether oxygens (including phenoxy) is 1. The highest BCUT2D eigenvalue weighted by atomic mass is 16.5. The van der Waals surface area contributed by atoms with Gasteiger partial charge in [0.1, 0.15) is 5.75 Å². The fourth-order valence-electron chi connectivity index (χ4n) is 2.34. The lowest BCUT2D eigenvalue weighted by Gasteiger charge is -2.26. The minimum atomic E-state index is -0.379. The minimum Gasteiger partial charge on any atom is -0.494 e. The van der Waals surface area contributed by atoms with Gasteiger partial charge in [-0.1, -0.05) is 18.9 Å². The molecule has 0 bridgehead atoms. The molecule has 1 aliphatic rings. The molecule has 0 unspecified atom stereocenters. The van der Waals surface area contributed by atoms with Crippen molar-refractivity contribution in [2.75, 3.05) is 24.6 Å². The van der Waals surface area contributed by atoms with E-state index in [0.29, 0.717) is 19.6 Å². The van der Waals surface area contributed by atoms with Crippen molar-refractivity contribution in [2.24, 2.45) is 5.73 Å². The van der Waals surface area contributed by atoms with Gasteiger partial charge in [-0.05, 0) is 31.5 Å².